The number of benzene rings is 1. The molecule has 1 aliphatic carbocycles. The van der Waals surface area contributed by atoms with Crippen LogP contribution in [0.25, 0.3) is 11.0 Å². The monoisotopic (exact) mass is 615 g/mol. The summed E-state index contributed by atoms with van der Waals surface area (Å²) in [4.78, 5) is 27.0. The quantitative estimate of drug-likeness (QED) is 0.287. The number of hydrogen-bond donors (Lipinski definition) is 1. The van der Waals surface area contributed by atoms with Gasteiger partial charge >= 0.3 is 5.69 Å². The molecule has 2 aromatic heterocycles. The number of imidazole rings is 1. The van der Waals surface area contributed by atoms with Crippen LogP contribution in [0.5, 0.6) is 0 Å². The number of aromatic nitrogens is 4. The molecular formula is C31H46ClN5O4Si. The van der Waals surface area contributed by atoms with E-state index in [0.29, 0.717) is 31.3 Å². The van der Waals surface area contributed by atoms with Crippen molar-refractivity contribution in [3.05, 3.63) is 56.3 Å². The zero-order valence-corrected chi connectivity index (χ0v) is 27.5. The number of para-hydroxylation sites is 2. The smallest absolute Gasteiger partial charge is 0.329 e. The number of hydrogen-bond acceptors (Lipinski definition) is 6. The summed E-state index contributed by atoms with van der Waals surface area (Å²) >= 11 is 6.52. The Morgan fingerprint density at radius 1 is 1.07 bits per heavy atom. The van der Waals surface area contributed by atoms with Gasteiger partial charge in [-0.1, -0.05) is 44.5 Å². The van der Waals surface area contributed by atoms with Crippen LogP contribution in [0.2, 0.25) is 23.2 Å². The second-order valence-corrected chi connectivity index (χ2v) is 18.6. The third-order valence-electron chi connectivity index (χ3n) is 9.61. The minimum atomic E-state index is -1.91. The Hall–Kier alpha value is -2.40. The van der Waals surface area contributed by atoms with Gasteiger partial charge in [-0.3, -0.25) is 13.9 Å². The van der Waals surface area contributed by atoms with Crippen molar-refractivity contribution in [3.63, 3.8) is 0 Å². The minimum absolute atomic E-state index is 0.00982. The molecule has 11 heteroatoms. The van der Waals surface area contributed by atoms with Crippen LogP contribution in [-0.4, -0.2) is 53.6 Å². The van der Waals surface area contributed by atoms with Gasteiger partial charge in [0.05, 0.1) is 42.2 Å². The van der Waals surface area contributed by atoms with Crippen LogP contribution in [0.1, 0.15) is 71.4 Å². The number of fused-ring (bicyclic) bond motifs is 1. The van der Waals surface area contributed by atoms with Crippen molar-refractivity contribution < 1.29 is 9.16 Å². The first-order chi connectivity index (χ1) is 20.0. The maximum atomic E-state index is 13.8. The summed E-state index contributed by atoms with van der Waals surface area (Å²) in [5, 5.41) is 8.11. The molecule has 230 valence electrons. The minimum Gasteiger partial charge on any atom is -0.415 e. The second kappa shape index (κ2) is 12.7. The molecule has 42 heavy (non-hydrogen) atoms. The Bertz CT molecular complexity index is 1490. The molecule has 0 spiro atoms. The summed E-state index contributed by atoms with van der Waals surface area (Å²) < 4.78 is 17.3. The van der Waals surface area contributed by atoms with Crippen LogP contribution >= 0.6 is 11.6 Å². The van der Waals surface area contributed by atoms with Gasteiger partial charge in [-0.05, 0) is 74.7 Å². The lowest BCUT2D eigenvalue weighted by Gasteiger charge is -2.36. The van der Waals surface area contributed by atoms with Crippen LogP contribution in [0.15, 0.2) is 40.1 Å². The van der Waals surface area contributed by atoms with Crippen molar-refractivity contribution in [2.24, 2.45) is 5.92 Å². The molecule has 1 aromatic carbocycles. The maximum absolute atomic E-state index is 13.8. The normalized spacial score (nSPS) is 22.0. The molecule has 1 aliphatic heterocycles. The molecule has 2 aliphatic rings. The summed E-state index contributed by atoms with van der Waals surface area (Å²) in [5.41, 5.74) is 2.22. The molecule has 1 saturated heterocycles. The van der Waals surface area contributed by atoms with Crippen LogP contribution in [0.4, 0.5) is 5.69 Å². The Morgan fingerprint density at radius 3 is 2.43 bits per heavy atom. The molecule has 1 atom stereocenters. The van der Waals surface area contributed by atoms with Gasteiger partial charge in [-0.2, -0.15) is 5.10 Å². The molecule has 0 amide bonds. The van der Waals surface area contributed by atoms with Crippen LogP contribution in [0, 0.1) is 5.92 Å². The average molecular weight is 616 g/mol. The van der Waals surface area contributed by atoms with E-state index in [9.17, 15) is 9.59 Å². The van der Waals surface area contributed by atoms with Gasteiger partial charge in [0.2, 0.25) is 0 Å². The third-order valence-corrected chi connectivity index (χ3v) is 14.5. The van der Waals surface area contributed by atoms with Gasteiger partial charge in [-0.25, -0.2) is 9.48 Å². The number of anilines is 1. The van der Waals surface area contributed by atoms with Crippen molar-refractivity contribution in [2.75, 3.05) is 31.7 Å². The van der Waals surface area contributed by atoms with Gasteiger partial charge in [0.1, 0.15) is 5.02 Å². The summed E-state index contributed by atoms with van der Waals surface area (Å²) in [6, 6.07) is 8.04. The average Bonchev–Trinajstić information content (AvgIpc) is 3.25. The van der Waals surface area contributed by atoms with E-state index >= 15 is 0 Å². The second-order valence-electron chi connectivity index (χ2n) is 13.5. The number of rotatable bonds is 9. The Labute approximate surface area is 254 Å². The van der Waals surface area contributed by atoms with E-state index in [1.165, 1.54) is 4.68 Å². The SMILES string of the molecule is CC(C)(C)[Si](C)(C)OCCn1c(=O)n([C@H]2CC[C@@H](n3ncc(NC[C@H]4CCCOC4)c(Cl)c3=O)CC2)c2ccccc21. The highest BCUT2D eigenvalue weighted by Crippen LogP contribution is 2.37. The van der Waals surface area contributed by atoms with E-state index in [0.717, 1.165) is 62.8 Å². The van der Waals surface area contributed by atoms with Crippen molar-refractivity contribution in [3.8, 4) is 0 Å². The molecule has 3 heterocycles. The van der Waals surface area contributed by atoms with Gasteiger partial charge in [-0.15, -0.1) is 0 Å². The van der Waals surface area contributed by atoms with Crippen molar-refractivity contribution in [1.82, 2.24) is 18.9 Å². The molecule has 0 radical (unpaired) electrons. The number of nitrogens with zero attached hydrogens (tertiary/aromatic N) is 4. The van der Waals surface area contributed by atoms with E-state index in [4.69, 9.17) is 20.8 Å². The highest BCUT2D eigenvalue weighted by atomic mass is 35.5. The zero-order valence-electron chi connectivity index (χ0n) is 25.7. The lowest BCUT2D eigenvalue weighted by Crippen LogP contribution is -2.42. The first kappa shape index (κ1) is 31.0. The molecule has 0 bridgehead atoms. The fraction of sp³-hybridized carbons (Fsp3) is 0.645. The fourth-order valence-corrected chi connectivity index (χ4v) is 7.26. The van der Waals surface area contributed by atoms with Gasteiger partial charge in [0.25, 0.3) is 5.56 Å². The number of ether oxygens (including phenoxy) is 1. The van der Waals surface area contributed by atoms with E-state index in [1.807, 2.05) is 33.4 Å². The molecule has 1 saturated carbocycles. The van der Waals surface area contributed by atoms with E-state index < -0.39 is 8.32 Å². The molecule has 9 nitrogen and oxygen atoms in total. The summed E-state index contributed by atoms with van der Waals surface area (Å²) in [5.74, 6) is 0.409. The largest absolute Gasteiger partial charge is 0.415 e. The molecule has 3 aromatic rings. The summed E-state index contributed by atoms with van der Waals surface area (Å²) in [6.07, 6.45) is 6.90. The number of halogens is 1. The van der Waals surface area contributed by atoms with Crippen LogP contribution in [0.3, 0.4) is 0 Å². The predicted octanol–water partition coefficient (Wildman–Crippen LogP) is 6.23. The van der Waals surface area contributed by atoms with E-state index in [1.54, 1.807) is 6.20 Å². The van der Waals surface area contributed by atoms with E-state index in [-0.39, 0.29) is 33.4 Å². The fourth-order valence-electron chi connectivity index (χ4n) is 6.02. The van der Waals surface area contributed by atoms with Gasteiger partial charge in [0.15, 0.2) is 8.32 Å². The first-order valence-corrected chi connectivity index (χ1v) is 18.7. The van der Waals surface area contributed by atoms with Crippen molar-refractivity contribution >= 4 is 36.6 Å². The van der Waals surface area contributed by atoms with Gasteiger partial charge in [0, 0.05) is 25.7 Å². The molecule has 5 rings (SSSR count). The van der Waals surface area contributed by atoms with E-state index in [2.05, 4.69) is 44.3 Å². The van der Waals surface area contributed by atoms with Crippen LogP contribution in [-0.2, 0) is 15.7 Å². The predicted molar refractivity (Wildman–Crippen MR) is 171 cm³/mol. The number of nitrogens with one attached hydrogen (secondary N) is 1. The summed E-state index contributed by atoms with van der Waals surface area (Å²) in [7, 11) is -1.91. The Morgan fingerprint density at radius 2 is 1.76 bits per heavy atom. The third kappa shape index (κ3) is 6.42. The topological polar surface area (TPSA) is 92.3 Å². The molecule has 1 N–H and O–H groups in total. The lowest BCUT2D eigenvalue weighted by atomic mass is 9.91. The van der Waals surface area contributed by atoms with Crippen LogP contribution < -0.4 is 16.6 Å². The standard InChI is InChI=1S/C31H46ClN5O4Si/c1-31(2,3)42(4,5)41-18-16-35-26-10-6-7-11-27(26)36(30(35)39)23-12-14-24(15-13-23)37-29(38)28(32)25(20-34-37)33-19-22-9-8-17-40-21-22/h6-7,10-11,20,22-24,33H,8-9,12-19,21H2,1-5H3/t22-,23-,24+/m1/s1. The summed E-state index contributed by atoms with van der Waals surface area (Å²) in [6.45, 7) is 14.5. The highest BCUT2D eigenvalue weighted by molar-refractivity contribution is 6.74. The van der Waals surface area contributed by atoms with Gasteiger partial charge < -0.3 is 14.5 Å². The zero-order chi connectivity index (χ0) is 30.1. The lowest BCUT2D eigenvalue weighted by molar-refractivity contribution is 0.0595. The molecule has 2 fully saturated rings. The highest BCUT2D eigenvalue weighted by Gasteiger charge is 2.37. The van der Waals surface area contributed by atoms with Crippen molar-refractivity contribution in [2.45, 2.75) is 96.1 Å². The van der Waals surface area contributed by atoms with Crippen molar-refractivity contribution in [1.29, 1.82) is 0 Å². The Kier molecular flexibility index (Phi) is 9.37. The molecule has 0 unspecified atom stereocenters. The first-order valence-electron chi connectivity index (χ1n) is 15.4. The Balaban J connectivity index is 1.27. The maximum Gasteiger partial charge on any atom is 0.329 e. The molecular weight excluding hydrogens is 570 g/mol.